The van der Waals surface area contributed by atoms with Crippen LogP contribution in [0.1, 0.15) is 47.2 Å². The van der Waals surface area contributed by atoms with Gasteiger partial charge in [-0.3, -0.25) is 0 Å². The lowest BCUT2D eigenvalue weighted by atomic mass is 10.5. The third-order valence-corrected chi connectivity index (χ3v) is 11.8. The topological polar surface area (TPSA) is 22.1 Å². The fourth-order valence-electron chi connectivity index (χ4n) is 3.09. The first-order valence-electron chi connectivity index (χ1n) is 6.66. The van der Waals surface area contributed by atoms with Gasteiger partial charge < -0.3 is 4.43 Å². The fraction of sp³-hybridized carbons (Fsp3) is 0.769. The van der Waals surface area contributed by atoms with Gasteiger partial charge in [0.05, 0.1) is 16.1 Å². The Balaban J connectivity index is 2.93. The second-order valence-corrected chi connectivity index (χ2v) is 14.2. The van der Waals surface area contributed by atoms with Crippen LogP contribution >= 0.6 is 38.9 Å². The number of nitrogens with zero attached hydrogens (tertiary/aromatic N) is 1. The molecule has 0 aliphatic heterocycles. The molecule has 0 aromatic carbocycles. The van der Waals surface area contributed by atoms with Crippen LogP contribution in [0.4, 0.5) is 0 Å². The van der Waals surface area contributed by atoms with E-state index in [-0.39, 0.29) is 0 Å². The fourth-order valence-corrected chi connectivity index (χ4v) is 10.3. The molecule has 0 aliphatic carbocycles. The molecule has 0 N–H and O–H groups in total. The number of hydrogen-bond acceptors (Lipinski definition) is 3. The zero-order valence-electron chi connectivity index (χ0n) is 12.5. The van der Waals surface area contributed by atoms with E-state index in [2.05, 4.69) is 62.5 Å². The van der Waals surface area contributed by atoms with Crippen LogP contribution in [0, 0.1) is 0 Å². The van der Waals surface area contributed by atoms with Gasteiger partial charge in [0.15, 0.2) is 4.47 Å². The zero-order valence-corrected chi connectivity index (χ0v) is 16.6. The molecule has 1 heterocycles. The van der Waals surface area contributed by atoms with E-state index < -0.39 is 8.32 Å². The third-order valence-electron chi connectivity index (χ3n) is 3.79. The summed E-state index contributed by atoms with van der Waals surface area (Å²) in [6.45, 7) is 14.3. The molecular formula is C13H23BrClNOSSi. The van der Waals surface area contributed by atoms with E-state index in [1.807, 2.05) is 0 Å². The average Bonchev–Trinajstić information content (AvgIpc) is 2.56. The molecule has 0 unspecified atom stereocenters. The van der Waals surface area contributed by atoms with E-state index in [0.29, 0.717) is 27.7 Å². The van der Waals surface area contributed by atoms with Crippen molar-refractivity contribution in [3.05, 3.63) is 13.9 Å². The molecule has 1 rings (SSSR count). The average molecular weight is 385 g/mol. The van der Waals surface area contributed by atoms with Crippen molar-refractivity contribution in [2.75, 3.05) is 0 Å². The molecule has 0 radical (unpaired) electrons. The molecule has 0 fully saturated rings. The number of hydrogen-bond donors (Lipinski definition) is 0. The van der Waals surface area contributed by atoms with Crippen molar-refractivity contribution in [3.63, 3.8) is 0 Å². The Hall–Kier alpha value is 0.577. The summed E-state index contributed by atoms with van der Waals surface area (Å²) < 4.78 is 8.04. The van der Waals surface area contributed by atoms with Gasteiger partial charge in [0.2, 0.25) is 8.32 Å². The first kappa shape index (κ1) is 17.6. The summed E-state index contributed by atoms with van der Waals surface area (Å²) in [6.07, 6.45) is 0. The monoisotopic (exact) mass is 383 g/mol. The lowest BCUT2D eigenvalue weighted by Crippen LogP contribution is -2.47. The molecule has 1 aromatic heterocycles. The molecule has 6 heteroatoms. The molecule has 0 bridgehead atoms. The minimum absolute atomic E-state index is 0.560. The molecule has 0 saturated carbocycles. The van der Waals surface area contributed by atoms with E-state index in [1.165, 1.54) is 11.3 Å². The molecular weight excluding hydrogens is 362 g/mol. The molecule has 0 atom stereocenters. The van der Waals surface area contributed by atoms with Crippen LogP contribution in [0.2, 0.25) is 21.1 Å². The van der Waals surface area contributed by atoms with Gasteiger partial charge >= 0.3 is 0 Å². The van der Waals surface area contributed by atoms with Gasteiger partial charge in [0.25, 0.3) is 0 Å². The lowest BCUT2D eigenvalue weighted by Gasteiger charge is -2.42. The van der Waals surface area contributed by atoms with Crippen molar-refractivity contribution >= 4 is 47.2 Å². The number of aromatic nitrogens is 1. The van der Waals surface area contributed by atoms with Crippen molar-refractivity contribution in [1.82, 2.24) is 4.98 Å². The summed E-state index contributed by atoms with van der Waals surface area (Å²) in [7, 11) is -1.82. The van der Waals surface area contributed by atoms with Crippen molar-refractivity contribution in [2.24, 2.45) is 0 Å². The maximum absolute atomic E-state index is 6.49. The van der Waals surface area contributed by atoms with Crippen LogP contribution < -0.4 is 0 Å². The van der Waals surface area contributed by atoms with Crippen LogP contribution in [-0.4, -0.2) is 13.3 Å². The quantitative estimate of drug-likeness (QED) is 0.541. The van der Waals surface area contributed by atoms with Gasteiger partial charge in [0.1, 0.15) is 0 Å². The van der Waals surface area contributed by atoms with E-state index in [4.69, 9.17) is 16.0 Å². The first-order valence-corrected chi connectivity index (χ1v) is 10.8. The van der Waals surface area contributed by atoms with Crippen LogP contribution in [0.15, 0.2) is 3.79 Å². The summed E-state index contributed by atoms with van der Waals surface area (Å²) in [4.78, 5) is 4.33. The van der Waals surface area contributed by atoms with Gasteiger partial charge in [-0.1, -0.05) is 64.5 Å². The third kappa shape index (κ3) is 3.82. The number of thiazole rings is 1. The smallest absolute Gasteiger partial charge is 0.200 e. The van der Waals surface area contributed by atoms with E-state index in [9.17, 15) is 0 Å². The van der Waals surface area contributed by atoms with Crippen LogP contribution in [0.25, 0.3) is 0 Å². The van der Waals surface area contributed by atoms with Gasteiger partial charge in [-0.15, -0.1) is 0 Å². The zero-order chi connectivity index (χ0) is 14.8. The van der Waals surface area contributed by atoms with Crippen LogP contribution in [0.5, 0.6) is 0 Å². The standard InChI is InChI=1S/C13H23BrClNOSSi/c1-8(2)19(9(3)4,10(5)6)17-7-11-12(14)18-13(15)16-11/h8-10H,7H2,1-6H3. The molecule has 110 valence electrons. The summed E-state index contributed by atoms with van der Waals surface area (Å²) >= 11 is 10.9. The Bertz CT molecular complexity index is 401. The van der Waals surface area contributed by atoms with Gasteiger partial charge in [0, 0.05) is 0 Å². The van der Waals surface area contributed by atoms with Crippen molar-refractivity contribution in [3.8, 4) is 0 Å². The van der Waals surface area contributed by atoms with Gasteiger partial charge in [-0.05, 0) is 32.6 Å². The van der Waals surface area contributed by atoms with Crippen molar-refractivity contribution in [1.29, 1.82) is 0 Å². The Morgan fingerprint density at radius 1 is 1.16 bits per heavy atom. The molecule has 0 aliphatic rings. The predicted octanol–water partition coefficient (Wildman–Crippen LogP) is 6.25. The molecule has 2 nitrogen and oxygen atoms in total. The Kier molecular flexibility index (Phi) is 6.52. The van der Waals surface area contributed by atoms with Gasteiger partial charge in [-0.25, -0.2) is 4.98 Å². The summed E-state index contributed by atoms with van der Waals surface area (Å²) in [5.41, 5.74) is 2.68. The predicted molar refractivity (Wildman–Crippen MR) is 90.7 cm³/mol. The Morgan fingerprint density at radius 3 is 1.95 bits per heavy atom. The maximum atomic E-state index is 6.49. The molecule has 1 aromatic rings. The van der Waals surface area contributed by atoms with Crippen molar-refractivity contribution < 1.29 is 4.43 Å². The number of rotatable bonds is 6. The second-order valence-electron chi connectivity index (χ2n) is 5.79. The summed E-state index contributed by atoms with van der Waals surface area (Å²) in [5, 5.41) is 0. The molecule has 0 saturated heterocycles. The van der Waals surface area contributed by atoms with Crippen LogP contribution in [-0.2, 0) is 11.0 Å². The Labute approximate surface area is 135 Å². The van der Waals surface area contributed by atoms with E-state index in [0.717, 1.165) is 9.48 Å². The second kappa shape index (κ2) is 7.03. The normalized spacial score (nSPS) is 13.0. The number of halogens is 2. The summed E-state index contributed by atoms with van der Waals surface area (Å²) in [5.74, 6) is 0. The molecule has 19 heavy (non-hydrogen) atoms. The van der Waals surface area contributed by atoms with Crippen molar-refractivity contribution in [2.45, 2.75) is 64.8 Å². The molecule has 0 amide bonds. The largest absolute Gasteiger partial charge is 0.410 e. The lowest BCUT2D eigenvalue weighted by molar-refractivity contribution is 0.262. The molecule has 0 spiro atoms. The van der Waals surface area contributed by atoms with E-state index in [1.54, 1.807) is 0 Å². The first-order chi connectivity index (χ1) is 8.71. The SMILES string of the molecule is CC(C)[Si](OCc1nc(Cl)sc1Br)(C(C)C)C(C)C. The van der Waals surface area contributed by atoms with E-state index >= 15 is 0 Å². The highest BCUT2D eigenvalue weighted by Crippen LogP contribution is 2.43. The Morgan fingerprint density at radius 2 is 1.63 bits per heavy atom. The minimum Gasteiger partial charge on any atom is -0.410 e. The minimum atomic E-state index is -1.82. The highest BCUT2D eigenvalue weighted by atomic mass is 79.9. The maximum Gasteiger partial charge on any atom is 0.200 e. The summed E-state index contributed by atoms with van der Waals surface area (Å²) in [6, 6.07) is 0. The van der Waals surface area contributed by atoms with Gasteiger partial charge in [-0.2, -0.15) is 0 Å². The highest BCUT2D eigenvalue weighted by molar-refractivity contribution is 9.11. The van der Waals surface area contributed by atoms with Crippen LogP contribution in [0.3, 0.4) is 0 Å². The highest BCUT2D eigenvalue weighted by Gasteiger charge is 2.45.